The van der Waals surface area contributed by atoms with Crippen molar-refractivity contribution in [1.29, 1.82) is 0 Å². The smallest absolute Gasteiger partial charge is 0.248 e. The summed E-state index contributed by atoms with van der Waals surface area (Å²) in [5, 5.41) is 0. The summed E-state index contributed by atoms with van der Waals surface area (Å²) in [7, 11) is 0. The maximum Gasteiger partial charge on any atom is 0.433 e. The van der Waals surface area contributed by atoms with Crippen LogP contribution in [0.15, 0.2) is 18.2 Å². The van der Waals surface area contributed by atoms with Gasteiger partial charge < -0.3 is 0 Å². The van der Waals surface area contributed by atoms with Gasteiger partial charge in [0.05, 0.1) is 0 Å². The molecule has 0 aromatic carbocycles. The lowest BCUT2D eigenvalue weighted by Crippen LogP contribution is -2.08. The van der Waals surface area contributed by atoms with E-state index in [2.05, 4.69) is 4.98 Å². The van der Waals surface area contributed by atoms with Crippen LogP contribution in [-0.4, -0.2) is 4.98 Å². The van der Waals surface area contributed by atoms with Crippen LogP contribution in [0.25, 0.3) is 0 Å². The number of pyridine rings is 1. The van der Waals surface area contributed by atoms with E-state index in [0.29, 0.717) is 0 Å². The third-order valence-corrected chi connectivity index (χ3v) is 1.31. The maximum absolute atomic E-state index is 12.0. The van der Waals surface area contributed by atoms with Gasteiger partial charge in [-0.15, -0.1) is 0 Å². The van der Waals surface area contributed by atoms with Crippen LogP contribution in [0.2, 0.25) is 0 Å². The zero-order chi connectivity index (χ0) is 9.19. The first-order valence-electron chi connectivity index (χ1n) is 3.27. The van der Waals surface area contributed by atoms with Crippen molar-refractivity contribution in [2.75, 3.05) is 0 Å². The highest BCUT2D eigenvalue weighted by molar-refractivity contribution is 5.13. The van der Waals surface area contributed by atoms with Crippen molar-refractivity contribution in [3.05, 3.63) is 36.5 Å². The summed E-state index contributed by atoms with van der Waals surface area (Å²) in [4.78, 5) is 3.31. The van der Waals surface area contributed by atoms with Crippen LogP contribution >= 0.6 is 0 Å². The molecule has 1 aromatic rings. The Morgan fingerprint density at radius 2 is 2.00 bits per heavy atom. The molecule has 0 unspecified atom stereocenters. The molecular weight excluding hydrogens is 167 g/mol. The molecule has 1 rings (SSSR count). The summed E-state index contributed by atoms with van der Waals surface area (Å²) in [6.45, 7) is 5.13. The lowest BCUT2D eigenvalue weighted by atomic mass is 10.2. The van der Waals surface area contributed by atoms with E-state index in [-0.39, 0.29) is 12.1 Å². The van der Waals surface area contributed by atoms with E-state index in [9.17, 15) is 13.2 Å². The summed E-state index contributed by atoms with van der Waals surface area (Å²) in [5.74, 6) is 0. The van der Waals surface area contributed by atoms with Gasteiger partial charge in [-0.25, -0.2) is 4.98 Å². The largest absolute Gasteiger partial charge is 0.433 e. The minimum Gasteiger partial charge on any atom is -0.248 e. The summed E-state index contributed by atoms with van der Waals surface area (Å²) in [5.41, 5.74) is -0.657. The minimum atomic E-state index is -4.38. The van der Waals surface area contributed by atoms with Crippen LogP contribution in [0.3, 0.4) is 0 Å². The molecule has 0 N–H and O–H groups in total. The lowest BCUT2D eigenvalue weighted by molar-refractivity contribution is -0.141. The van der Waals surface area contributed by atoms with Crippen LogP contribution in [0.5, 0.6) is 0 Å². The van der Waals surface area contributed by atoms with E-state index in [1.165, 1.54) is 12.1 Å². The topological polar surface area (TPSA) is 12.9 Å². The number of alkyl halides is 3. The van der Waals surface area contributed by atoms with Gasteiger partial charge in [0.2, 0.25) is 0 Å². The van der Waals surface area contributed by atoms with E-state index < -0.39 is 11.9 Å². The summed E-state index contributed by atoms with van der Waals surface area (Å²) in [6.07, 6.45) is -4.37. The molecule has 1 nitrogen and oxygen atoms in total. The van der Waals surface area contributed by atoms with E-state index in [4.69, 9.17) is 6.92 Å². The molecular formula is C8H6F3N. The van der Waals surface area contributed by atoms with Crippen molar-refractivity contribution >= 4 is 0 Å². The van der Waals surface area contributed by atoms with Crippen molar-refractivity contribution in [3.8, 4) is 0 Å². The van der Waals surface area contributed by atoms with Crippen LogP contribution in [0, 0.1) is 6.92 Å². The van der Waals surface area contributed by atoms with Gasteiger partial charge in [-0.2, -0.15) is 13.2 Å². The average molecular weight is 173 g/mol. The lowest BCUT2D eigenvalue weighted by Gasteiger charge is -2.05. The van der Waals surface area contributed by atoms with E-state index in [0.717, 1.165) is 6.07 Å². The van der Waals surface area contributed by atoms with Gasteiger partial charge in [0.25, 0.3) is 0 Å². The predicted octanol–water partition coefficient (Wildman–Crippen LogP) is 2.35. The van der Waals surface area contributed by atoms with Gasteiger partial charge in [0.15, 0.2) is 0 Å². The Hall–Kier alpha value is -1.06. The van der Waals surface area contributed by atoms with Crippen LogP contribution in [0.4, 0.5) is 13.2 Å². The SMILES string of the molecule is [CH]Cc1cccc(C(F)(F)F)n1. The highest BCUT2D eigenvalue weighted by Crippen LogP contribution is 2.27. The highest BCUT2D eigenvalue weighted by atomic mass is 19.4. The van der Waals surface area contributed by atoms with Gasteiger partial charge in [-0.1, -0.05) is 6.07 Å². The first kappa shape index (κ1) is 9.03. The Morgan fingerprint density at radius 1 is 1.33 bits per heavy atom. The minimum absolute atomic E-state index is 0.0178. The molecule has 64 valence electrons. The predicted molar refractivity (Wildman–Crippen MR) is 37.2 cm³/mol. The molecule has 0 aliphatic heterocycles. The van der Waals surface area contributed by atoms with Crippen molar-refractivity contribution in [3.63, 3.8) is 0 Å². The van der Waals surface area contributed by atoms with Crippen LogP contribution in [-0.2, 0) is 12.6 Å². The third-order valence-electron chi connectivity index (χ3n) is 1.31. The fraction of sp³-hybridized carbons (Fsp3) is 0.250. The van der Waals surface area contributed by atoms with Gasteiger partial charge in [-0.05, 0) is 25.5 Å². The number of hydrogen-bond acceptors (Lipinski definition) is 1. The molecule has 0 aliphatic carbocycles. The molecule has 0 saturated heterocycles. The zero-order valence-corrected chi connectivity index (χ0v) is 6.10. The zero-order valence-electron chi connectivity index (χ0n) is 6.10. The van der Waals surface area contributed by atoms with Crippen LogP contribution in [0.1, 0.15) is 11.4 Å². The molecule has 0 atom stereocenters. The first-order valence-corrected chi connectivity index (χ1v) is 3.27. The molecule has 0 amide bonds. The molecule has 1 aromatic heterocycles. The fourth-order valence-corrected chi connectivity index (χ4v) is 0.751. The summed E-state index contributed by atoms with van der Waals surface area (Å²) < 4.78 is 36.0. The molecule has 12 heavy (non-hydrogen) atoms. The molecule has 2 radical (unpaired) electrons. The molecule has 4 heteroatoms. The Balaban J connectivity index is 3.02. The van der Waals surface area contributed by atoms with Gasteiger partial charge in [0.1, 0.15) is 5.69 Å². The normalized spacial score (nSPS) is 11.7. The summed E-state index contributed by atoms with van der Waals surface area (Å²) >= 11 is 0. The number of rotatable bonds is 1. The molecule has 0 aliphatic rings. The Bertz CT molecular complexity index is 267. The number of hydrogen-bond donors (Lipinski definition) is 0. The first-order chi connectivity index (χ1) is 5.54. The van der Waals surface area contributed by atoms with Crippen molar-refractivity contribution in [1.82, 2.24) is 4.98 Å². The van der Waals surface area contributed by atoms with E-state index in [1.54, 1.807) is 0 Å². The Kier molecular flexibility index (Phi) is 2.35. The van der Waals surface area contributed by atoms with Crippen LogP contribution < -0.4 is 0 Å². The van der Waals surface area contributed by atoms with Gasteiger partial charge >= 0.3 is 6.18 Å². The second kappa shape index (κ2) is 3.13. The molecule has 0 bridgehead atoms. The maximum atomic E-state index is 12.0. The standard InChI is InChI=1S/C8H6F3N/c1-2-6-4-3-5-7(12-6)8(9,10)11/h1,3-5H,2H2. The van der Waals surface area contributed by atoms with Gasteiger partial charge in [0, 0.05) is 5.69 Å². The van der Waals surface area contributed by atoms with Crippen molar-refractivity contribution < 1.29 is 13.2 Å². The van der Waals surface area contributed by atoms with E-state index in [1.807, 2.05) is 0 Å². The quantitative estimate of drug-likeness (QED) is 0.635. The Morgan fingerprint density at radius 3 is 2.50 bits per heavy atom. The van der Waals surface area contributed by atoms with E-state index >= 15 is 0 Å². The van der Waals surface area contributed by atoms with Gasteiger partial charge in [-0.3, -0.25) is 0 Å². The number of nitrogens with zero attached hydrogens (tertiary/aromatic N) is 1. The summed E-state index contributed by atoms with van der Waals surface area (Å²) in [6, 6.07) is 3.66. The fourth-order valence-electron chi connectivity index (χ4n) is 0.751. The second-order valence-electron chi connectivity index (χ2n) is 2.22. The number of halogens is 3. The number of aromatic nitrogens is 1. The third kappa shape index (κ3) is 1.96. The molecule has 0 saturated carbocycles. The Labute approximate surface area is 68.2 Å². The average Bonchev–Trinajstić information content (AvgIpc) is 2.03. The molecule has 1 heterocycles. The monoisotopic (exact) mass is 173 g/mol. The van der Waals surface area contributed by atoms with Crippen molar-refractivity contribution in [2.24, 2.45) is 0 Å². The molecule has 0 spiro atoms. The second-order valence-corrected chi connectivity index (χ2v) is 2.22. The molecule has 0 fully saturated rings. The highest BCUT2D eigenvalue weighted by Gasteiger charge is 2.32. The van der Waals surface area contributed by atoms with Crippen molar-refractivity contribution in [2.45, 2.75) is 12.6 Å².